The number of aryl methyl sites for hydroxylation is 2. The monoisotopic (exact) mass is 359 g/mol. The molecule has 7 heteroatoms. The molecule has 0 unspecified atom stereocenters. The van der Waals surface area contributed by atoms with Crippen molar-refractivity contribution in [2.75, 3.05) is 24.4 Å². The maximum atomic E-state index is 4.57. The second-order valence-electron chi connectivity index (χ2n) is 6.74. The predicted octanol–water partition coefficient (Wildman–Crippen LogP) is 3.34. The lowest BCUT2D eigenvalue weighted by Gasteiger charge is -2.11. The van der Waals surface area contributed by atoms with Crippen LogP contribution < -0.4 is 10.3 Å². The molecule has 0 amide bonds. The summed E-state index contributed by atoms with van der Waals surface area (Å²) in [6.07, 6.45) is 1.73. The maximum absolute atomic E-state index is 4.57. The standard InChI is InChI=1S/C20H21N7/c1-13-5-10-17-16(11-13)18-19(27(17)4)22-20(25-23-18)24-21-12-14-6-8-15(9-7-14)26(2)3/h5-12H,1-4H3,(H,22,24,25)/b21-12+. The van der Waals surface area contributed by atoms with Crippen molar-refractivity contribution in [2.45, 2.75) is 6.92 Å². The fraction of sp³-hybridized carbons (Fsp3) is 0.200. The third-order valence-electron chi connectivity index (χ3n) is 4.54. The van der Waals surface area contributed by atoms with E-state index >= 15 is 0 Å². The van der Waals surface area contributed by atoms with Crippen LogP contribution >= 0.6 is 0 Å². The van der Waals surface area contributed by atoms with E-state index in [4.69, 9.17) is 0 Å². The lowest BCUT2D eigenvalue weighted by Crippen LogP contribution is -2.08. The predicted molar refractivity (Wildman–Crippen MR) is 111 cm³/mol. The molecule has 0 bridgehead atoms. The Kier molecular flexibility index (Phi) is 4.19. The summed E-state index contributed by atoms with van der Waals surface area (Å²) in [6.45, 7) is 2.06. The molecule has 0 atom stereocenters. The highest BCUT2D eigenvalue weighted by Gasteiger charge is 2.12. The van der Waals surface area contributed by atoms with Gasteiger partial charge >= 0.3 is 0 Å². The van der Waals surface area contributed by atoms with Crippen molar-refractivity contribution in [3.05, 3.63) is 53.6 Å². The molecule has 0 aliphatic heterocycles. The highest BCUT2D eigenvalue weighted by Crippen LogP contribution is 2.26. The Balaban J connectivity index is 1.59. The smallest absolute Gasteiger partial charge is 0.265 e. The van der Waals surface area contributed by atoms with Gasteiger partial charge in [-0.2, -0.15) is 10.1 Å². The van der Waals surface area contributed by atoms with Crippen LogP contribution in [0.5, 0.6) is 0 Å². The topological polar surface area (TPSA) is 71.2 Å². The van der Waals surface area contributed by atoms with Crippen molar-refractivity contribution >= 4 is 39.9 Å². The molecule has 0 fully saturated rings. The summed E-state index contributed by atoms with van der Waals surface area (Å²) < 4.78 is 2.02. The van der Waals surface area contributed by atoms with Crippen LogP contribution in [0.25, 0.3) is 22.1 Å². The van der Waals surface area contributed by atoms with Gasteiger partial charge in [0.05, 0.1) is 11.7 Å². The summed E-state index contributed by atoms with van der Waals surface area (Å²) in [5.74, 6) is 0.367. The largest absolute Gasteiger partial charge is 0.378 e. The average molecular weight is 359 g/mol. The molecule has 2 aromatic heterocycles. The Bertz CT molecular complexity index is 1140. The highest BCUT2D eigenvalue weighted by atomic mass is 15.4. The molecular weight excluding hydrogens is 338 g/mol. The zero-order valence-electron chi connectivity index (χ0n) is 15.8. The Hall–Kier alpha value is -3.48. The van der Waals surface area contributed by atoms with Crippen LogP contribution in [0, 0.1) is 6.92 Å². The van der Waals surface area contributed by atoms with Gasteiger partial charge in [0.25, 0.3) is 5.95 Å². The van der Waals surface area contributed by atoms with E-state index in [-0.39, 0.29) is 0 Å². The van der Waals surface area contributed by atoms with E-state index in [2.05, 4.69) is 55.7 Å². The van der Waals surface area contributed by atoms with Crippen LogP contribution in [0.4, 0.5) is 11.6 Å². The van der Waals surface area contributed by atoms with Gasteiger partial charge in [-0.15, -0.1) is 10.2 Å². The number of rotatable bonds is 4. The van der Waals surface area contributed by atoms with Gasteiger partial charge in [-0.1, -0.05) is 23.8 Å². The first-order valence-electron chi connectivity index (χ1n) is 8.69. The molecule has 0 aliphatic carbocycles. The first kappa shape index (κ1) is 17.0. The average Bonchev–Trinajstić information content (AvgIpc) is 2.94. The third kappa shape index (κ3) is 3.19. The second kappa shape index (κ2) is 6.68. The number of aromatic nitrogens is 4. The summed E-state index contributed by atoms with van der Waals surface area (Å²) in [5.41, 5.74) is 8.84. The Morgan fingerprint density at radius 2 is 1.85 bits per heavy atom. The third-order valence-corrected chi connectivity index (χ3v) is 4.54. The van der Waals surface area contributed by atoms with Crippen molar-refractivity contribution in [1.29, 1.82) is 0 Å². The Morgan fingerprint density at radius 3 is 2.59 bits per heavy atom. The molecule has 4 aromatic rings. The molecule has 0 saturated carbocycles. The van der Waals surface area contributed by atoms with Crippen LogP contribution in [0.1, 0.15) is 11.1 Å². The van der Waals surface area contributed by atoms with E-state index in [0.717, 1.165) is 33.3 Å². The van der Waals surface area contributed by atoms with Crippen molar-refractivity contribution in [3.63, 3.8) is 0 Å². The minimum Gasteiger partial charge on any atom is -0.378 e. The Labute approximate surface area is 157 Å². The van der Waals surface area contributed by atoms with E-state index < -0.39 is 0 Å². The fourth-order valence-electron chi connectivity index (χ4n) is 3.04. The number of nitrogens with one attached hydrogen (secondary N) is 1. The van der Waals surface area contributed by atoms with Crippen molar-refractivity contribution < 1.29 is 0 Å². The minimum absolute atomic E-state index is 0.367. The summed E-state index contributed by atoms with van der Waals surface area (Å²) in [4.78, 5) is 6.62. The molecule has 0 saturated heterocycles. The Morgan fingerprint density at radius 1 is 1.07 bits per heavy atom. The highest BCUT2D eigenvalue weighted by molar-refractivity contribution is 6.04. The van der Waals surface area contributed by atoms with E-state index in [1.165, 1.54) is 5.56 Å². The number of anilines is 2. The molecule has 136 valence electrons. The molecule has 4 rings (SSSR count). The lowest BCUT2D eigenvalue weighted by molar-refractivity contribution is 0.949. The van der Waals surface area contributed by atoms with Gasteiger partial charge in [0.2, 0.25) is 0 Å². The summed E-state index contributed by atoms with van der Waals surface area (Å²) in [6, 6.07) is 14.4. The SMILES string of the molecule is Cc1ccc2c(c1)c1nnc(N/N=C/c3ccc(N(C)C)cc3)nc1n2C. The molecule has 0 radical (unpaired) electrons. The molecule has 27 heavy (non-hydrogen) atoms. The molecule has 0 aliphatic rings. The molecule has 2 heterocycles. The number of nitrogens with zero attached hydrogens (tertiary/aromatic N) is 6. The number of fused-ring (bicyclic) bond motifs is 3. The van der Waals surface area contributed by atoms with Crippen LogP contribution in [-0.4, -0.2) is 40.1 Å². The van der Waals surface area contributed by atoms with Gasteiger partial charge in [-0.05, 0) is 36.8 Å². The number of hydrazone groups is 1. The fourth-order valence-corrected chi connectivity index (χ4v) is 3.04. The van der Waals surface area contributed by atoms with E-state index in [0.29, 0.717) is 5.95 Å². The van der Waals surface area contributed by atoms with Crippen molar-refractivity contribution in [3.8, 4) is 0 Å². The first-order valence-corrected chi connectivity index (χ1v) is 8.69. The quantitative estimate of drug-likeness (QED) is 0.447. The molecule has 0 spiro atoms. The second-order valence-corrected chi connectivity index (χ2v) is 6.74. The van der Waals surface area contributed by atoms with Crippen molar-refractivity contribution in [2.24, 2.45) is 12.1 Å². The molecule has 7 nitrogen and oxygen atoms in total. The number of hydrogen-bond acceptors (Lipinski definition) is 6. The van der Waals surface area contributed by atoms with Gasteiger partial charge < -0.3 is 9.47 Å². The normalized spacial score (nSPS) is 11.6. The zero-order valence-corrected chi connectivity index (χ0v) is 15.8. The van der Waals surface area contributed by atoms with Gasteiger partial charge in [-0.3, -0.25) is 0 Å². The van der Waals surface area contributed by atoms with Gasteiger partial charge in [-0.25, -0.2) is 5.43 Å². The molecular formula is C20H21N7. The van der Waals surface area contributed by atoms with E-state index in [1.807, 2.05) is 50.0 Å². The lowest BCUT2D eigenvalue weighted by atomic mass is 10.2. The zero-order chi connectivity index (χ0) is 19.0. The number of hydrogen-bond donors (Lipinski definition) is 1. The summed E-state index contributed by atoms with van der Waals surface area (Å²) >= 11 is 0. The van der Waals surface area contributed by atoms with Gasteiger partial charge in [0, 0.05) is 32.2 Å². The van der Waals surface area contributed by atoms with Gasteiger partial charge in [0.1, 0.15) is 5.52 Å². The van der Waals surface area contributed by atoms with E-state index in [1.54, 1.807) is 6.21 Å². The van der Waals surface area contributed by atoms with Crippen LogP contribution in [-0.2, 0) is 7.05 Å². The van der Waals surface area contributed by atoms with Gasteiger partial charge in [0.15, 0.2) is 5.65 Å². The van der Waals surface area contributed by atoms with Crippen LogP contribution in [0.15, 0.2) is 47.6 Å². The summed E-state index contributed by atoms with van der Waals surface area (Å²) in [7, 11) is 6.01. The molecule has 2 aromatic carbocycles. The van der Waals surface area contributed by atoms with E-state index in [9.17, 15) is 0 Å². The number of benzene rings is 2. The molecule has 1 N–H and O–H groups in total. The van der Waals surface area contributed by atoms with Crippen LogP contribution in [0.3, 0.4) is 0 Å². The summed E-state index contributed by atoms with van der Waals surface area (Å²) in [5, 5.41) is 13.8. The van der Waals surface area contributed by atoms with Crippen LogP contribution in [0.2, 0.25) is 0 Å². The first-order chi connectivity index (χ1) is 13.0. The minimum atomic E-state index is 0.367. The maximum Gasteiger partial charge on any atom is 0.265 e. The van der Waals surface area contributed by atoms with Crippen molar-refractivity contribution in [1.82, 2.24) is 19.7 Å².